The van der Waals surface area contributed by atoms with Crippen LogP contribution in [-0.4, -0.2) is 11.7 Å². The lowest BCUT2D eigenvalue weighted by atomic mass is 10.1. The van der Waals surface area contributed by atoms with Crippen molar-refractivity contribution in [2.75, 3.05) is 0 Å². The molecule has 0 saturated heterocycles. The molecule has 2 aromatic rings. The molecule has 3 nitrogen and oxygen atoms in total. The standard InChI is InChI=1S/C15H9F4NO2/c1-8(13-9(16)4-2-5-10(13)17)20-22-15(21)14-11(18)6-3-7-12(14)19/h2-7H,1H3. The number of halogens is 4. The fraction of sp³-hybridized carbons (Fsp3) is 0.0667. The lowest BCUT2D eigenvalue weighted by Crippen LogP contribution is -2.10. The second-order valence-corrected chi connectivity index (χ2v) is 4.25. The van der Waals surface area contributed by atoms with Crippen LogP contribution in [0.2, 0.25) is 0 Å². The largest absolute Gasteiger partial charge is 0.371 e. The van der Waals surface area contributed by atoms with E-state index in [1.54, 1.807) is 0 Å². The molecule has 0 amide bonds. The zero-order chi connectivity index (χ0) is 16.3. The molecule has 0 radical (unpaired) electrons. The average molecular weight is 311 g/mol. The summed E-state index contributed by atoms with van der Waals surface area (Å²) in [6, 6.07) is 5.96. The Morgan fingerprint density at radius 3 is 1.73 bits per heavy atom. The van der Waals surface area contributed by atoms with Crippen LogP contribution in [0, 0.1) is 23.3 Å². The van der Waals surface area contributed by atoms with Gasteiger partial charge in [-0.25, -0.2) is 22.4 Å². The van der Waals surface area contributed by atoms with E-state index in [0.29, 0.717) is 0 Å². The van der Waals surface area contributed by atoms with Crippen molar-refractivity contribution in [1.82, 2.24) is 0 Å². The number of carbonyl (C=O) groups is 1. The molecule has 114 valence electrons. The van der Waals surface area contributed by atoms with Crippen molar-refractivity contribution in [3.63, 3.8) is 0 Å². The van der Waals surface area contributed by atoms with Crippen molar-refractivity contribution in [3.05, 3.63) is 70.8 Å². The van der Waals surface area contributed by atoms with E-state index in [0.717, 1.165) is 36.4 Å². The molecule has 0 aliphatic rings. The molecule has 0 N–H and O–H groups in total. The lowest BCUT2D eigenvalue weighted by molar-refractivity contribution is 0.0505. The second-order valence-electron chi connectivity index (χ2n) is 4.25. The Kier molecular flexibility index (Phi) is 4.55. The molecule has 0 spiro atoms. The fourth-order valence-corrected chi connectivity index (χ4v) is 1.74. The number of carbonyl (C=O) groups excluding carboxylic acids is 1. The summed E-state index contributed by atoms with van der Waals surface area (Å²) in [7, 11) is 0. The third-order valence-corrected chi connectivity index (χ3v) is 2.76. The first-order valence-electron chi connectivity index (χ1n) is 6.06. The van der Waals surface area contributed by atoms with Gasteiger partial charge in [0.25, 0.3) is 0 Å². The lowest BCUT2D eigenvalue weighted by Gasteiger charge is -2.05. The van der Waals surface area contributed by atoms with E-state index in [-0.39, 0.29) is 5.71 Å². The average Bonchev–Trinajstić information content (AvgIpc) is 2.44. The predicted molar refractivity (Wildman–Crippen MR) is 70.3 cm³/mol. The Hall–Kier alpha value is -2.70. The third-order valence-electron chi connectivity index (χ3n) is 2.76. The molecular weight excluding hydrogens is 302 g/mol. The van der Waals surface area contributed by atoms with Crippen LogP contribution in [0.5, 0.6) is 0 Å². The van der Waals surface area contributed by atoms with Gasteiger partial charge in [0.2, 0.25) is 0 Å². The molecule has 0 fully saturated rings. The number of hydrogen-bond acceptors (Lipinski definition) is 3. The van der Waals surface area contributed by atoms with E-state index in [9.17, 15) is 22.4 Å². The zero-order valence-electron chi connectivity index (χ0n) is 11.2. The first-order chi connectivity index (χ1) is 10.4. The maximum Gasteiger partial charge on any atom is 0.371 e. The summed E-state index contributed by atoms with van der Waals surface area (Å²) in [6.07, 6.45) is 0. The Labute approximate surface area is 122 Å². The Bertz CT molecular complexity index is 719. The third kappa shape index (κ3) is 3.13. The monoisotopic (exact) mass is 311 g/mol. The molecule has 0 heterocycles. The number of benzene rings is 2. The van der Waals surface area contributed by atoms with Gasteiger partial charge in [-0.2, -0.15) is 0 Å². The minimum absolute atomic E-state index is 0.291. The molecule has 0 aliphatic heterocycles. The van der Waals surface area contributed by atoms with Gasteiger partial charge in [0.15, 0.2) is 0 Å². The molecule has 7 heteroatoms. The van der Waals surface area contributed by atoms with Crippen LogP contribution in [0.25, 0.3) is 0 Å². The molecule has 22 heavy (non-hydrogen) atoms. The van der Waals surface area contributed by atoms with Crippen LogP contribution in [0.1, 0.15) is 22.8 Å². The van der Waals surface area contributed by atoms with Crippen molar-refractivity contribution in [1.29, 1.82) is 0 Å². The highest BCUT2D eigenvalue weighted by atomic mass is 19.1. The van der Waals surface area contributed by atoms with Gasteiger partial charge >= 0.3 is 5.97 Å². The van der Waals surface area contributed by atoms with E-state index in [4.69, 9.17) is 0 Å². The molecule has 0 aromatic heterocycles. The smallest absolute Gasteiger partial charge is 0.312 e. The van der Waals surface area contributed by atoms with Crippen molar-refractivity contribution < 1.29 is 27.2 Å². The molecule has 2 aromatic carbocycles. The summed E-state index contributed by atoms with van der Waals surface area (Å²) in [6.45, 7) is 1.19. The maximum absolute atomic E-state index is 13.5. The highest BCUT2D eigenvalue weighted by Gasteiger charge is 2.19. The van der Waals surface area contributed by atoms with Gasteiger partial charge in [-0.3, -0.25) is 0 Å². The molecule has 0 aliphatic carbocycles. The second kappa shape index (κ2) is 6.38. The molecule has 0 unspecified atom stereocenters. The molecular formula is C15H9F4NO2. The summed E-state index contributed by atoms with van der Waals surface area (Å²) in [5, 5.41) is 3.23. The minimum Gasteiger partial charge on any atom is -0.312 e. The van der Waals surface area contributed by atoms with Gasteiger partial charge in [0.1, 0.15) is 28.8 Å². The van der Waals surface area contributed by atoms with E-state index in [1.807, 2.05) is 0 Å². The first kappa shape index (κ1) is 15.7. The van der Waals surface area contributed by atoms with Crippen LogP contribution in [-0.2, 0) is 4.84 Å². The minimum atomic E-state index is -1.41. The molecule has 0 bridgehead atoms. The van der Waals surface area contributed by atoms with Crippen LogP contribution >= 0.6 is 0 Å². The number of oxime groups is 1. The van der Waals surface area contributed by atoms with Crippen LogP contribution < -0.4 is 0 Å². The van der Waals surface area contributed by atoms with Gasteiger partial charge in [0, 0.05) is 0 Å². The number of rotatable bonds is 3. The maximum atomic E-state index is 13.5. The van der Waals surface area contributed by atoms with Crippen molar-refractivity contribution >= 4 is 11.7 Å². The molecule has 2 rings (SSSR count). The normalized spacial score (nSPS) is 11.4. The van der Waals surface area contributed by atoms with Crippen molar-refractivity contribution in [2.24, 2.45) is 5.16 Å². The highest BCUT2D eigenvalue weighted by molar-refractivity contribution is 5.99. The first-order valence-corrected chi connectivity index (χ1v) is 6.06. The number of hydrogen-bond donors (Lipinski definition) is 0. The summed E-state index contributed by atoms with van der Waals surface area (Å²) < 4.78 is 53.7. The van der Waals surface area contributed by atoms with Crippen LogP contribution in [0.15, 0.2) is 41.6 Å². The van der Waals surface area contributed by atoms with Gasteiger partial charge < -0.3 is 4.84 Å². The highest BCUT2D eigenvalue weighted by Crippen LogP contribution is 2.16. The number of nitrogens with zero attached hydrogens (tertiary/aromatic N) is 1. The SMILES string of the molecule is CC(=NOC(=O)c1c(F)cccc1F)c1c(F)cccc1F. The van der Waals surface area contributed by atoms with E-state index < -0.39 is 40.4 Å². The summed E-state index contributed by atoms with van der Waals surface area (Å²) >= 11 is 0. The van der Waals surface area contributed by atoms with Gasteiger partial charge in [0.05, 0.1) is 11.3 Å². The molecule has 0 atom stereocenters. The van der Waals surface area contributed by atoms with Crippen LogP contribution in [0.4, 0.5) is 17.6 Å². The van der Waals surface area contributed by atoms with E-state index >= 15 is 0 Å². The predicted octanol–water partition coefficient (Wildman–Crippen LogP) is 3.82. The Balaban J connectivity index is 2.26. The zero-order valence-corrected chi connectivity index (χ0v) is 11.2. The van der Waals surface area contributed by atoms with E-state index in [2.05, 4.69) is 9.99 Å². The Morgan fingerprint density at radius 2 is 1.27 bits per heavy atom. The fourth-order valence-electron chi connectivity index (χ4n) is 1.74. The van der Waals surface area contributed by atoms with Crippen molar-refractivity contribution in [3.8, 4) is 0 Å². The Morgan fingerprint density at radius 1 is 0.864 bits per heavy atom. The molecule has 0 saturated carbocycles. The van der Waals surface area contributed by atoms with Gasteiger partial charge in [-0.05, 0) is 31.2 Å². The summed E-state index contributed by atoms with van der Waals surface area (Å²) in [5.74, 6) is -5.49. The quantitative estimate of drug-likeness (QED) is 0.374. The summed E-state index contributed by atoms with van der Waals surface area (Å²) in [4.78, 5) is 15.9. The van der Waals surface area contributed by atoms with Crippen molar-refractivity contribution in [2.45, 2.75) is 6.92 Å². The van der Waals surface area contributed by atoms with E-state index in [1.165, 1.54) is 6.92 Å². The van der Waals surface area contributed by atoms with Crippen LogP contribution in [0.3, 0.4) is 0 Å². The summed E-state index contributed by atoms with van der Waals surface area (Å²) in [5.41, 5.74) is -1.72. The van der Waals surface area contributed by atoms with Gasteiger partial charge in [-0.1, -0.05) is 17.3 Å². The van der Waals surface area contributed by atoms with Gasteiger partial charge in [-0.15, -0.1) is 0 Å². The topological polar surface area (TPSA) is 38.7 Å².